The number of hydrazone groups is 1. The van der Waals surface area contributed by atoms with E-state index in [4.69, 9.17) is 4.74 Å². The Hall–Kier alpha value is -3.78. The lowest BCUT2D eigenvalue weighted by molar-refractivity contribution is -0.120. The number of carbonyl (C=O) groups is 3. The molecule has 0 spiro atoms. The van der Waals surface area contributed by atoms with Crippen LogP contribution in [0.2, 0.25) is 0 Å². The summed E-state index contributed by atoms with van der Waals surface area (Å²) in [4.78, 5) is 36.1. The molecule has 31 heavy (non-hydrogen) atoms. The van der Waals surface area contributed by atoms with Gasteiger partial charge in [0, 0.05) is 4.47 Å². The van der Waals surface area contributed by atoms with Crippen molar-refractivity contribution in [3.8, 4) is 5.75 Å². The molecule has 0 unspecified atom stereocenters. The second kappa shape index (κ2) is 10.8. The van der Waals surface area contributed by atoms with Crippen molar-refractivity contribution in [3.05, 3.63) is 100 Å². The molecule has 0 radical (unpaired) electrons. The van der Waals surface area contributed by atoms with Gasteiger partial charge in [0.05, 0.1) is 23.9 Å². The summed E-state index contributed by atoms with van der Waals surface area (Å²) in [6.07, 6.45) is 1.41. The lowest BCUT2D eigenvalue weighted by Gasteiger charge is -2.06. The predicted molar refractivity (Wildman–Crippen MR) is 120 cm³/mol. The third-order valence-corrected chi connectivity index (χ3v) is 4.70. The fourth-order valence-electron chi connectivity index (χ4n) is 2.52. The average molecular weight is 480 g/mol. The lowest BCUT2D eigenvalue weighted by atomic mass is 10.2. The average Bonchev–Trinajstić information content (AvgIpc) is 2.78. The van der Waals surface area contributed by atoms with Crippen LogP contribution in [0.4, 0.5) is 0 Å². The number of hydrogen-bond acceptors (Lipinski definition) is 5. The highest BCUT2D eigenvalue weighted by molar-refractivity contribution is 9.10. The van der Waals surface area contributed by atoms with E-state index in [0.29, 0.717) is 26.9 Å². The molecule has 0 heterocycles. The van der Waals surface area contributed by atoms with Gasteiger partial charge in [0.1, 0.15) is 5.75 Å². The SMILES string of the molecule is O=C(CNC(=O)c1ccccc1Br)NN=Cc1cccc(OC(=O)c2ccccc2)c1. The van der Waals surface area contributed by atoms with Crippen LogP contribution >= 0.6 is 15.9 Å². The normalized spacial score (nSPS) is 10.5. The summed E-state index contributed by atoms with van der Waals surface area (Å²) in [7, 11) is 0. The van der Waals surface area contributed by atoms with Crippen molar-refractivity contribution < 1.29 is 19.1 Å². The van der Waals surface area contributed by atoms with E-state index in [0.717, 1.165) is 0 Å². The highest BCUT2D eigenvalue weighted by Crippen LogP contribution is 2.15. The summed E-state index contributed by atoms with van der Waals surface area (Å²) in [5, 5.41) is 6.38. The van der Waals surface area contributed by atoms with Gasteiger partial charge in [-0.05, 0) is 57.9 Å². The minimum absolute atomic E-state index is 0.230. The highest BCUT2D eigenvalue weighted by Gasteiger charge is 2.10. The van der Waals surface area contributed by atoms with Crippen molar-refractivity contribution in [1.82, 2.24) is 10.7 Å². The Balaban J connectivity index is 1.50. The number of carbonyl (C=O) groups excluding carboxylic acids is 3. The third-order valence-electron chi connectivity index (χ3n) is 4.01. The minimum atomic E-state index is -0.483. The van der Waals surface area contributed by atoms with Gasteiger partial charge < -0.3 is 10.1 Å². The maximum absolute atomic E-state index is 12.1. The first kappa shape index (κ1) is 21.9. The van der Waals surface area contributed by atoms with E-state index in [9.17, 15) is 14.4 Å². The quantitative estimate of drug-likeness (QED) is 0.234. The molecule has 3 aromatic rings. The minimum Gasteiger partial charge on any atom is -0.423 e. The second-order valence-electron chi connectivity index (χ2n) is 6.28. The number of nitrogens with one attached hydrogen (secondary N) is 2. The van der Waals surface area contributed by atoms with Crippen molar-refractivity contribution in [2.45, 2.75) is 0 Å². The van der Waals surface area contributed by atoms with E-state index in [2.05, 4.69) is 31.8 Å². The van der Waals surface area contributed by atoms with E-state index < -0.39 is 11.9 Å². The van der Waals surface area contributed by atoms with Gasteiger partial charge in [0.2, 0.25) is 0 Å². The van der Waals surface area contributed by atoms with Crippen LogP contribution in [0.5, 0.6) is 5.75 Å². The predicted octanol–water partition coefficient (Wildman–Crippen LogP) is 3.55. The van der Waals surface area contributed by atoms with Crippen LogP contribution in [0.25, 0.3) is 0 Å². The summed E-state index contributed by atoms with van der Waals surface area (Å²) >= 11 is 3.29. The molecule has 3 aromatic carbocycles. The Morgan fingerprint density at radius 1 is 0.935 bits per heavy atom. The summed E-state index contributed by atoms with van der Waals surface area (Å²) in [6, 6.07) is 22.3. The standard InChI is InChI=1S/C23H18BrN3O4/c24-20-12-5-4-11-19(20)22(29)25-15-21(28)27-26-14-16-7-6-10-18(13-16)31-23(30)17-8-2-1-3-9-17/h1-14H,15H2,(H,25,29)(H,27,28). The first-order chi connectivity index (χ1) is 15.0. The fraction of sp³-hybridized carbons (Fsp3) is 0.0435. The molecule has 0 saturated heterocycles. The van der Waals surface area contributed by atoms with Gasteiger partial charge in [-0.2, -0.15) is 5.10 Å². The van der Waals surface area contributed by atoms with Crippen molar-refractivity contribution in [2.75, 3.05) is 6.54 Å². The number of rotatable bonds is 7. The van der Waals surface area contributed by atoms with Crippen LogP contribution < -0.4 is 15.5 Å². The van der Waals surface area contributed by atoms with Crippen molar-refractivity contribution >= 4 is 39.9 Å². The molecule has 8 heteroatoms. The largest absolute Gasteiger partial charge is 0.423 e. The van der Waals surface area contributed by atoms with Crippen LogP contribution in [0.1, 0.15) is 26.3 Å². The first-order valence-corrected chi connectivity index (χ1v) is 10.0. The Kier molecular flexibility index (Phi) is 7.67. The number of nitrogens with zero attached hydrogens (tertiary/aromatic N) is 1. The summed E-state index contributed by atoms with van der Waals surface area (Å²) < 4.78 is 5.98. The van der Waals surface area contributed by atoms with Gasteiger partial charge in [-0.25, -0.2) is 10.2 Å². The number of esters is 1. The van der Waals surface area contributed by atoms with E-state index in [1.807, 2.05) is 6.07 Å². The Bertz CT molecular complexity index is 1120. The molecule has 0 saturated carbocycles. The fourth-order valence-corrected chi connectivity index (χ4v) is 2.98. The van der Waals surface area contributed by atoms with E-state index in [1.165, 1.54) is 6.21 Å². The zero-order valence-corrected chi connectivity index (χ0v) is 17.8. The maximum atomic E-state index is 12.1. The molecule has 7 nitrogen and oxygen atoms in total. The van der Waals surface area contributed by atoms with Crippen LogP contribution in [-0.4, -0.2) is 30.5 Å². The van der Waals surface area contributed by atoms with Gasteiger partial charge in [0.15, 0.2) is 0 Å². The molecule has 0 aromatic heterocycles. The van der Waals surface area contributed by atoms with Gasteiger partial charge in [0.25, 0.3) is 11.8 Å². The molecular weight excluding hydrogens is 462 g/mol. The maximum Gasteiger partial charge on any atom is 0.343 e. The monoisotopic (exact) mass is 479 g/mol. The molecule has 0 aliphatic heterocycles. The summed E-state index contributed by atoms with van der Waals surface area (Å²) in [6.45, 7) is -0.230. The Labute approximate surface area is 187 Å². The second-order valence-corrected chi connectivity index (χ2v) is 7.14. The molecule has 2 N–H and O–H groups in total. The zero-order chi connectivity index (χ0) is 22.1. The van der Waals surface area contributed by atoms with E-state index >= 15 is 0 Å². The summed E-state index contributed by atoms with van der Waals surface area (Å²) in [5.74, 6) is -0.975. The van der Waals surface area contributed by atoms with Crippen LogP contribution in [0.15, 0.2) is 88.4 Å². The molecule has 0 aliphatic carbocycles. The lowest BCUT2D eigenvalue weighted by Crippen LogP contribution is -2.35. The molecule has 0 atom stereocenters. The number of amides is 2. The summed E-state index contributed by atoms with van der Waals surface area (Å²) in [5.41, 5.74) is 3.83. The van der Waals surface area contributed by atoms with Crippen molar-refractivity contribution in [3.63, 3.8) is 0 Å². The number of ether oxygens (including phenoxy) is 1. The number of benzene rings is 3. The zero-order valence-electron chi connectivity index (χ0n) is 16.2. The van der Waals surface area contributed by atoms with E-state index in [-0.39, 0.29) is 12.5 Å². The first-order valence-electron chi connectivity index (χ1n) is 9.25. The van der Waals surface area contributed by atoms with Crippen LogP contribution in [0, 0.1) is 0 Å². The smallest absolute Gasteiger partial charge is 0.343 e. The number of halogens is 1. The highest BCUT2D eigenvalue weighted by atomic mass is 79.9. The van der Waals surface area contributed by atoms with Gasteiger partial charge in [-0.3, -0.25) is 9.59 Å². The topological polar surface area (TPSA) is 96.9 Å². The van der Waals surface area contributed by atoms with Gasteiger partial charge in [-0.1, -0.05) is 42.5 Å². The molecule has 156 valence electrons. The molecular formula is C23H18BrN3O4. The van der Waals surface area contributed by atoms with Crippen LogP contribution in [-0.2, 0) is 4.79 Å². The van der Waals surface area contributed by atoms with Gasteiger partial charge >= 0.3 is 5.97 Å². The Morgan fingerprint density at radius 3 is 2.45 bits per heavy atom. The number of hydrogen-bond donors (Lipinski definition) is 2. The molecule has 0 bridgehead atoms. The molecule has 0 aliphatic rings. The molecule has 0 fully saturated rings. The van der Waals surface area contributed by atoms with Crippen LogP contribution in [0.3, 0.4) is 0 Å². The molecule has 3 rings (SSSR count). The van der Waals surface area contributed by atoms with Crippen molar-refractivity contribution in [1.29, 1.82) is 0 Å². The Morgan fingerprint density at radius 2 is 1.68 bits per heavy atom. The van der Waals surface area contributed by atoms with Crippen molar-refractivity contribution in [2.24, 2.45) is 5.10 Å². The third kappa shape index (κ3) is 6.61. The van der Waals surface area contributed by atoms with E-state index in [1.54, 1.807) is 72.8 Å². The van der Waals surface area contributed by atoms with Gasteiger partial charge in [-0.15, -0.1) is 0 Å². The molecule has 2 amide bonds.